The second-order valence-corrected chi connectivity index (χ2v) is 6.27. The molecule has 2 aromatic carbocycles. The number of hydrogen-bond acceptors (Lipinski definition) is 5. The van der Waals surface area contributed by atoms with E-state index in [1.54, 1.807) is 7.11 Å². The average Bonchev–Trinajstić information content (AvgIpc) is 2.69. The molecule has 0 bridgehead atoms. The fourth-order valence-electron chi connectivity index (χ4n) is 2.77. The van der Waals surface area contributed by atoms with Crippen LogP contribution in [0.4, 0.5) is 0 Å². The van der Waals surface area contributed by atoms with Crippen LogP contribution in [0, 0.1) is 6.92 Å². The number of carbonyl (C=O) groups is 1. The Morgan fingerprint density at radius 3 is 2.63 bits per heavy atom. The molecular formula is C22H28O5. The summed E-state index contributed by atoms with van der Waals surface area (Å²) in [6.07, 6.45) is 2.65. The second-order valence-electron chi connectivity index (χ2n) is 6.27. The number of rotatable bonds is 11. The minimum absolute atomic E-state index is 0.197. The largest absolute Gasteiger partial charge is 0.496 e. The van der Waals surface area contributed by atoms with E-state index in [0.717, 1.165) is 46.8 Å². The van der Waals surface area contributed by atoms with Crippen molar-refractivity contribution in [3.05, 3.63) is 48.6 Å². The number of carbonyl (C=O) groups excluding carboxylic acids is 1. The van der Waals surface area contributed by atoms with Gasteiger partial charge in [-0.2, -0.15) is 0 Å². The summed E-state index contributed by atoms with van der Waals surface area (Å²) in [4.78, 5) is 11.6. The van der Waals surface area contributed by atoms with E-state index in [-0.39, 0.29) is 13.2 Å². The van der Waals surface area contributed by atoms with Crippen LogP contribution in [0.1, 0.15) is 25.3 Å². The molecule has 0 heterocycles. The maximum absolute atomic E-state index is 11.6. The van der Waals surface area contributed by atoms with Crippen molar-refractivity contribution in [1.82, 2.24) is 0 Å². The lowest BCUT2D eigenvalue weighted by molar-refractivity contribution is -0.148. The Morgan fingerprint density at radius 1 is 1.22 bits per heavy atom. The molecule has 1 atom stereocenters. The summed E-state index contributed by atoms with van der Waals surface area (Å²) in [5, 5.41) is 1.93. The molecule has 2 rings (SSSR count). The van der Waals surface area contributed by atoms with Crippen molar-refractivity contribution < 1.29 is 23.7 Å². The van der Waals surface area contributed by atoms with Crippen molar-refractivity contribution in [2.24, 2.45) is 0 Å². The van der Waals surface area contributed by atoms with E-state index < -0.39 is 12.1 Å². The molecule has 5 heteroatoms. The molecule has 0 saturated carbocycles. The number of hydrogen-bond donors (Lipinski definition) is 0. The SMILES string of the molecule is C=CC(=O)OC(COCCCC)COc1c(C)cc(OC)c2ccccc12. The molecular weight excluding hydrogens is 344 g/mol. The van der Waals surface area contributed by atoms with Gasteiger partial charge in [-0.25, -0.2) is 4.79 Å². The van der Waals surface area contributed by atoms with Gasteiger partial charge in [-0.15, -0.1) is 0 Å². The normalized spacial score (nSPS) is 11.8. The van der Waals surface area contributed by atoms with E-state index in [1.165, 1.54) is 0 Å². The lowest BCUT2D eigenvalue weighted by Gasteiger charge is -2.20. The maximum Gasteiger partial charge on any atom is 0.330 e. The number of ether oxygens (including phenoxy) is 4. The summed E-state index contributed by atoms with van der Waals surface area (Å²) in [7, 11) is 1.65. The van der Waals surface area contributed by atoms with Crippen molar-refractivity contribution in [1.29, 1.82) is 0 Å². The minimum Gasteiger partial charge on any atom is -0.496 e. The van der Waals surface area contributed by atoms with Gasteiger partial charge in [-0.3, -0.25) is 0 Å². The molecule has 0 aliphatic carbocycles. The molecule has 0 radical (unpaired) electrons. The van der Waals surface area contributed by atoms with Gasteiger partial charge in [-0.1, -0.05) is 44.2 Å². The predicted octanol–water partition coefficient (Wildman–Crippen LogP) is 4.45. The lowest BCUT2D eigenvalue weighted by atomic mass is 10.0. The van der Waals surface area contributed by atoms with Crippen molar-refractivity contribution >= 4 is 16.7 Å². The minimum atomic E-state index is -0.507. The van der Waals surface area contributed by atoms with Gasteiger partial charge < -0.3 is 18.9 Å². The highest BCUT2D eigenvalue weighted by molar-refractivity contribution is 5.94. The molecule has 0 saturated heterocycles. The fraction of sp³-hybridized carbons (Fsp3) is 0.409. The Morgan fingerprint density at radius 2 is 1.96 bits per heavy atom. The van der Waals surface area contributed by atoms with Gasteiger partial charge in [0.15, 0.2) is 6.10 Å². The van der Waals surface area contributed by atoms with Crippen molar-refractivity contribution in [3.8, 4) is 11.5 Å². The molecule has 0 aliphatic rings. The summed E-state index contributed by atoms with van der Waals surface area (Å²) < 4.78 is 22.5. The van der Waals surface area contributed by atoms with Crippen LogP contribution in [0.2, 0.25) is 0 Å². The molecule has 0 fully saturated rings. The standard InChI is InChI=1S/C22H28O5/c1-5-7-12-25-14-17(27-21(23)6-2)15-26-22-16(3)13-20(24-4)18-10-8-9-11-19(18)22/h6,8-11,13,17H,2,5,7,12,14-15H2,1,3-4H3. The molecule has 146 valence electrons. The Labute approximate surface area is 160 Å². The third kappa shape index (κ3) is 5.73. The quantitative estimate of drug-likeness (QED) is 0.331. The van der Waals surface area contributed by atoms with E-state index >= 15 is 0 Å². The van der Waals surface area contributed by atoms with E-state index in [4.69, 9.17) is 18.9 Å². The molecule has 2 aromatic rings. The number of methoxy groups -OCH3 is 1. The predicted molar refractivity (Wildman–Crippen MR) is 107 cm³/mol. The molecule has 1 unspecified atom stereocenters. The van der Waals surface area contributed by atoms with Crippen molar-refractivity contribution in [2.45, 2.75) is 32.8 Å². The number of fused-ring (bicyclic) bond motifs is 1. The van der Waals surface area contributed by atoms with Gasteiger partial charge in [0, 0.05) is 23.5 Å². The highest BCUT2D eigenvalue weighted by atomic mass is 16.6. The summed E-state index contributed by atoms with van der Waals surface area (Å²) >= 11 is 0. The zero-order valence-corrected chi connectivity index (χ0v) is 16.3. The summed E-state index contributed by atoms with van der Waals surface area (Å²) in [6, 6.07) is 9.84. The Balaban J connectivity index is 2.16. The zero-order chi connectivity index (χ0) is 19.6. The monoisotopic (exact) mass is 372 g/mol. The number of unbranched alkanes of at least 4 members (excludes halogenated alkanes) is 1. The fourth-order valence-corrected chi connectivity index (χ4v) is 2.77. The molecule has 0 spiro atoms. The van der Waals surface area contributed by atoms with Crippen LogP contribution in [0.25, 0.3) is 10.8 Å². The van der Waals surface area contributed by atoms with Crippen LogP contribution >= 0.6 is 0 Å². The third-order valence-corrected chi connectivity index (χ3v) is 4.17. The molecule has 0 aliphatic heterocycles. The first-order chi connectivity index (χ1) is 13.1. The van der Waals surface area contributed by atoms with E-state index in [1.807, 2.05) is 37.3 Å². The highest BCUT2D eigenvalue weighted by Crippen LogP contribution is 2.36. The van der Waals surface area contributed by atoms with Crippen LogP contribution in [0.3, 0.4) is 0 Å². The van der Waals surface area contributed by atoms with Crippen molar-refractivity contribution in [3.63, 3.8) is 0 Å². The van der Waals surface area contributed by atoms with Gasteiger partial charge in [0.05, 0.1) is 13.7 Å². The van der Waals surface area contributed by atoms with Crippen LogP contribution < -0.4 is 9.47 Å². The summed E-state index contributed by atoms with van der Waals surface area (Å²) in [5.41, 5.74) is 0.950. The van der Waals surface area contributed by atoms with Gasteiger partial charge in [0.1, 0.15) is 18.1 Å². The van der Waals surface area contributed by atoms with E-state index in [0.29, 0.717) is 6.61 Å². The Kier molecular flexibility index (Phi) is 8.14. The molecule has 5 nitrogen and oxygen atoms in total. The first kappa shape index (κ1) is 20.8. The summed E-state index contributed by atoms with van der Waals surface area (Å²) in [6.45, 7) is 8.62. The smallest absolute Gasteiger partial charge is 0.330 e. The number of esters is 1. The third-order valence-electron chi connectivity index (χ3n) is 4.17. The zero-order valence-electron chi connectivity index (χ0n) is 16.3. The average molecular weight is 372 g/mol. The first-order valence-electron chi connectivity index (χ1n) is 9.20. The molecule has 0 amide bonds. The van der Waals surface area contributed by atoms with Gasteiger partial charge >= 0.3 is 5.97 Å². The van der Waals surface area contributed by atoms with Crippen LogP contribution in [-0.4, -0.2) is 39.0 Å². The lowest BCUT2D eigenvalue weighted by Crippen LogP contribution is -2.29. The van der Waals surface area contributed by atoms with Gasteiger partial charge in [0.2, 0.25) is 0 Å². The van der Waals surface area contributed by atoms with Crippen LogP contribution in [0.5, 0.6) is 11.5 Å². The first-order valence-corrected chi connectivity index (χ1v) is 9.20. The Bertz CT molecular complexity index is 769. The van der Waals surface area contributed by atoms with E-state index in [2.05, 4.69) is 13.5 Å². The summed E-state index contributed by atoms with van der Waals surface area (Å²) in [5.74, 6) is 1.06. The van der Waals surface area contributed by atoms with Gasteiger partial charge in [-0.05, 0) is 25.0 Å². The second kappa shape index (κ2) is 10.6. The molecule has 0 N–H and O–H groups in total. The highest BCUT2D eigenvalue weighted by Gasteiger charge is 2.17. The van der Waals surface area contributed by atoms with Crippen molar-refractivity contribution in [2.75, 3.05) is 26.9 Å². The number of benzene rings is 2. The van der Waals surface area contributed by atoms with Gasteiger partial charge in [0.25, 0.3) is 0 Å². The van der Waals surface area contributed by atoms with E-state index in [9.17, 15) is 4.79 Å². The topological polar surface area (TPSA) is 54.0 Å². The van der Waals surface area contributed by atoms with Crippen LogP contribution in [-0.2, 0) is 14.3 Å². The molecule has 27 heavy (non-hydrogen) atoms. The van der Waals surface area contributed by atoms with Crippen LogP contribution in [0.15, 0.2) is 43.0 Å². The number of aryl methyl sites for hydroxylation is 1. The molecule has 0 aromatic heterocycles. The maximum atomic E-state index is 11.6. The Hall–Kier alpha value is -2.53.